The number of rotatable bonds is 6. The maximum atomic E-state index is 13.4. The van der Waals surface area contributed by atoms with Crippen molar-refractivity contribution in [1.29, 1.82) is 0 Å². The van der Waals surface area contributed by atoms with Gasteiger partial charge in [0.05, 0.1) is 11.3 Å². The number of imide groups is 1. The maximum Gasteiger partial charge on any atom is 0.282 e. The van der Waals surface area contributed by atoms with Crippen LogP contribution in [0.3, 0.4) is 0 Å². The molecule has 1 aromatic heterocycles. The molecule has 0 saturated carbocycles. The minimum atomic E-state index is -0.359. The lowest BCUT2D eigenvalue weighted by atomic mass is 10.1. The lowest BCUT2D eigenvalue weighted by molar-refractivity contribution is -0.120. The zero-order valence-corrected chi connectivity index (χ0v) is 18.7. The summed E-state index contributed by atoms with van der Waals surface area (Å²) in [6.45, 7) is 0. The summed E-state index contributed by atoms with van der Waals surface area (Å²) >= 11 is 1.44. The Hall–Kier alpha value is -3.58. The summed E-state index contributed by atoms with van der Waals surface area (Å²) in [5.74, 6) is -0.680. The van der Waals surface area contributed by atoms with E-state index in [1.807, 2.05) is 91.9 Å². The highest BCUT2D eigenvalue weighted by molar-refractivity contribution is 7.11. The molecule has 2 aromatic carbocycles. The fourth-order valence-electron chi connectivity index (χ4n) is 3.42. The lowest BCUT2D eigenvalue weighted by Gasteiger charge is -2.18. The molecule has 1 aliphatic heterocycles. The van der Waals surface area contributed by atoms with Gasteiger partial charge >= 0.3 is 0 Å². The molecular formula is C24H24N4O2S. The number of benzene rings is 2. The smallest absolute Gasteiger partial charge is 0.282 e. The zero-order chi connectivity index (χ0) is 22.1. The Kier molecular flexibility index (Phi) is 5.52. The van der Waals surface area contributed by atoms with E-state index >= 15 is 0 Å². The summed E-state index contributed by atoms with van der Waals surface area (Å²) < 4.78 is 0. The molecule has 4 rings (SSSR count). The molecule has 6 nitrogen and oxygen atoms in total. The highest BCUT2D eigenvalue weighted by atomic mass is 32.1. The standard InChI is InChI=1S/C24H24N4O2S/c1-26(2)17-9-7-16(8-10-17)25-22-21(20-6-5-15-31-20)23(29)28(24(22)30)19-13-11-18(12-14-19)27(3)4/h5-15,25H,1-4H3. The molecule has 0 saturated heterocycles. The lowest BCUT2D eigenvalue weighted by Crippen LogP contribution is -2.32. The van der Waals surface area contributed by atoms with E-state index in [9.17, 15) is 9.59 Å². The van der Waals surface area contributed by atoms with Gasteiger partial charge in [-0.15, -0.1) is 11.3 Å². The van der Waals surface area contributed by atoms with Crippen molar-refractivity contribution in [2.24, 2.45) is 0 Å². The van der Waals surface area contributed by atoms with Crippen LogP contribution in [0.4, 0.5) is 22.7 Å². The Bertz CT molecular complexity index is 1130. The van der Waals surface area contributed by atoms with Crippen LogP contribution in [0.25, 0.3) is 5.57 Å². The fourth-order valence-corrected chi connectivity index (χ4v) is 4.18. The van der Waals surface area contributed by atoms with E-state index < -0.39 is 0 Å². The van der Waals surface area contributed by atoms with Gasteiger partial charge in [-0.2, -0.15) is 0 Å². The normalized spacial score (nSPS) is 13.7. The van der Waals surface area contributed by atoms with Crippen LogP contribution < -0.4 is 20.0 Å². The topological polar surface area (TPSA) is 55.9 Å². The Morgan fingerprint density at radius 3 is 1.87 bits per heavy atom. The number of nitrogens with one attached hydrogen (secondary N) is 1. The molecule has 0 fully saturated rings. The van der Waals surface area contributed by atoms with Gasteiger partial charge in [-0.1, -0.05) is 6.07 Å². The summed E-state index contributed by atoms with van der Waals surface area (Å²) in [6.07, 6.45) is 0. The van der Waals surface area contributed by atoms with E-state index in [1.54, 1.807) is 12.1 Å². The number of carbonyl (C=O) groups excluding carboxylic acids is 2. The van der Waals surface area contributed by atoms with E-state index in [4.69, 9.17) is 0 Å². The molecule has 1 aliphatic rings. The summed E-state index contributed by atoms with van der Waals surface area (Å²) in [5, 5.41) is 5.10. The third kappa shape index (κ3) is 3.92. The van der Waals surface area contributed by atoms with E-state index in [2.05, 4.69) is 5.32 Å². The largest absolute Gasteiger partial charge is 0.378 e. The summed E-state index contributed by atoms with van der Waals surface area (Å²) in [4.78, 5) is 32.7. The molecule has 7 heteroatoms. The first kappa shape index (κ1) is 20.7. The van der Waals surface area contributed by atoms with E-state index in [1.165, 1.54) is 16.2 Å². The average molecular weight is 433 g/mol. The second-order valence-corrected chi connectivity index (χ2v) is 8.60. The minimum Gasteiger partial charge on any atom is -0.378 e. The summed E-state index contributed by atoms with van der Waals surface area (Å²) in [7, 11) is 7.83. The molecule has 0 atom stereocenters. The van der Waals surface area contributed by atoms with Gasteiger partial charge in [-0.05, 0) is 60.0 Å². The van der Waals surface area contributed by atoms with Crippen LogP contribution in [0, 0.1) is 0 Å². The van der Waals surface area contributed by atoms with Gasteiger partial charge < -0.3 is 15.1 Å². The molecule has 158 valence electrons. The molecule has 31 heavy (non-hydrogen) atoms. The van der Waals surface area contributed by atoms with E-state index in [0.717, 1.165) is 21.9 Å². The molecule has 0 aliphatic carbocycles. The SMILES string of the molecule is CN(C)c1ccc(NC2=C(c3cccs3)C(=O)N(c3ccc(N(C)C)cc3)C2=O)cc1. The van der Waals surface area contributed by atoms with Crippen LogP contribution in [0.15, 0.2) is 71.7 Å². The summed E-state index contributed by atoms with van der Waals surface area (Å²) in [5.41, 5.74) is 4.04. The van der Waals surface area contributed by atoms with Crippen LogP contribution in [-0.2, 0) is 9.59 Å². The third-order valence-corrected chi connectivity index (χ3v) is 6.02. The molecule has 2 heterocycles. The van der Waals surface area contributed by atoms with Crippen molar-refractivity contribution in [3.8, 4) is 0 Å². The quantitative estimate of drug-likeness (QED) is 0.590. The van der Waals surface area contributed by atoms with Crippen LogP contribution >= 0.6 is 11.3 Å². The van der Waals surface area contributed by atoms with Crippen LogP contribution in [0.2, 0.25) is 0 Å². The number of nitrogens with zero attached hydrogens (tertiary/aromatic N) is 3. The van der Waals surface area contributed by atoms with Crippen molar-refractivity contribution in [2.75, 3.05) is 48.2 Å². The predicted molar refractivity (Wildman–Crippen MR) is 129 cm³/mol. The molecule has 3 aromatic rings. The number of thiophene rings is 1. The number of hydrogen-bond donors (Lipinski definition) is 1. The first-order chi connectivity index (χ1) is 14.9. The van der Waals surface area contributed by atoms with Gasteiger partial charge in [0.25, 0.3) is 11.8 Å². The Morgan fingerprint density at radius 2 is 1.35 bits per heavy atom. The highest BCUT2D eigenvalue weighted by Gasteiger charge is 2.40. The van der Waals surface area contributed by atoms with Gasteiger partial charge in [0.2, 0.25) is 0 Å². The third-order valence-electron chi connectivity index (χ3n) is 5.13. The highest BCUT2D eigenvalue weighted by Crippen LogP contribution is 2.36. The van der Waals surface area contributed by atoms with Crippen molar-refractivity contribution in [2.45, 2.75) is 0 Å². The predicted octanol–water partition coefficient (Wildman–Crippen LogP) is 4.28. The van der Waals surface area contributed by atoms with Crippen LogP contribution in [-0.4, -0.2) is 40.0 Å². The Morgan fingerprint density at radius 1 is 0.774 bits per heavy atom. The zero-order valence-electron chi connectivity index (χ0n) is 17.9. The van der Waals surface area contributed by atoms with Crippen molar-refractivity contribution in [3.63, 3.8) is 0 Å². The number of amides is 2. The van der Waals surface area contributed by atoms with Crippen molar-refractivity contribution >= 4 is 51.5 Å². The molecule has 0 radical (unpaired) electrons. The summed E-state index contributed by atoms with van der Waals surface area (Å²) in [6, 6.07) is 18.9. The molecule has 0 bridgehead atoms. The number of carbonyl (C=O) groups is 2. The van der Waals surface area contributed by atoms with Crippen molar-refractivity contribution in [1.82, 2.24) is 0 Å². The van der Waals surface area contributed by atoms with Crippen LogP contribution in [0.5, 0.6) is 0 Å². The maximum absolute atomic E-state index is 13.4. The first-order valence-corrected chi connectivity index (χ1v) is 10.7. The van der Waals surface area contributed by atoms with Gasteiger partial charge in [-0.3, -0.25) is 9.59 Å². The minimum absolute atomic E-state index is 0.293. The molecular weight excluding hydrogens is 408 g/mol. The average Bonchev–Trinajstić information content (AvgIpc) is 3.35. The second-order valence-electron chi connectivity index (χ2n) is 7.65. The molecule has 0 unspecified atom stereocenters. The molecule has 0 spiro atoms. The second kappa shape index (κ2) is 8.28. The van der Waals surface area contributed by atoms with Gasteiger partial charge in [0.1, 0.15) is 5.70 Å². The van der Waals surface area contributed by atoms with E-state index in [-0.39, 0.29) is 11.8 Å². The van der Waals surface area contributed by atoms with Crippen molar-refractivity contribution < 1.29 is 9.59 Å². The monoisotopic (exact) mass is 432 g/mol. The molecule has 1 N–H and O–H groups in total. The van der Waals surface area contributed by atoms with Gasteiger partial charge in [-0.25, -0.2) is 4.90 Å². The van der Waals surface area contributed by atoms with E-state index in [0.29, 0.717) is 17.0 Å². The fraction of sp³-hybridized carbons (Fsp3) is 0.167. The van der Waals surface area contributed by atoms with Crippen molar-refractivity contribution in [3.05, 3.63) is 76.6 Å². The number of hydrogen-bond acceptors (Lipinski definition) is 6. The Balaban J connectivity index is 1.71. The first-order valence-electron chi connectivity index (χ1n) is 9.85. The van der Waals surface area contributed by atoms with Gasteiger partial charge in [0.15, 0.2) is 0 Å². The number of anilines is 4. The molecule has 2 amide bonds. The Labute approximate surface area is 186 Å². The van der Waals surface area contributed by atoms with Crippen LogP contribution in [0.1, 0.15) is 4.88 Å². The van der Waals surface area contributed by atoms with Gasteiger partial charge in [0, 0.05) is 50.1 Å².